The van der Waals surface area contributed by atoms with E-state index in [0.29, 0.717) is 18.0 Å². The number of carbonyl (C=O) groups is 2. The fraction of sp³-hybridized carbons (Fsp3) is 0.348. The molecule has 4 rings (SSSR count). The first-order valence-electron chi connectivity index (χ1n) is 10.1. The van der Waals surface area contributed by atoms with E-state index in [1.165, 1.54) is 0 Å². The number of para-hydroxylation sites is 2. The zero-order valence-corrected chi connectivity index (χ0v) is 16.7. The van der Waals surface area contributed by atoms with Gasteiger partial charge in [-0.2, -0.15) is 0 Å². The van der Waals surface area contributed by atoms with Crippen LogP contribution < -0.4 is 5.32 Å². The lowest BCUT2D eigenvalue weighted by molar-refractivity contribution is -0.124. The van der Waals surface area contributed by atoms with Crippen LogP contribution in [0, 0.1) is 5.92 Å². The van der Waals surface area contributed by atoms with Gasteiger partial charge in [-0.15, -0.1) is 0 Å². The lowest BCUT2D eigenvalue weighted by Crippen LogP contribution is -2.36. The number of oxazole rings is 1. The average Bonchev–Trinajstić information content (AvgIpc) is 3.40. The molecule has 1 fully saturated rings. The largest absolute Gasteiger partial charge is 0.436 e. The van der Waals surface area contributed by atoms with E-state index in [2.05, 4.69) is 10.3 Å². The highest BCUT2D eigenvalue weighted by Crippen LogP contribution is 2.30. The summed E-state index contributed by atoms with van der Waals surface area (Å²) in [4.78, 5) is 31.2. The van der Waals surface area contributed by atoms with Crippen molar-refractivity contribution in [2.24, 2.45) is 5.92 Å². The molecule has 1 unspecified atom stereocenters. The summed E-state index contributed by atoms with van der Waals surface area (Å²) in [5.41, 5.74) is 3.00. The van der Waals surface area contributed by atoms with Crippen LogP contribution in [0.5, 0.6) is 0 Å². The Bertz CT molecular complexity index is 992. The summed E-state index contributed by atoms with van der Waals surface area (Å²) in [6.07, 6.45) is 2.39. The molecule has 0 bridgehead atoms. The molecule has 1 N–H and O–H groups in total. The molecule has 0 aliphatic heterocycles. The van der Waals surface area contributed by atoms with Crippen molar-refractivity contribution in [2.75, 3.05) is 13.6 Å². The maximum Gasteiger partial charge on any atom is 0.253 e. The molecule has 0 spiro atoms. The van der Waals surface area contributed by atoms with Crippen molar-refractivity contribution in [3.63, 3.8) is 0 Å². The molecule has 150 valence electrons. The Labute approximate surface area is 169 Å². The second kappa shape index (κ2) is 8.07. The number of fused-ring (bicyclic) bond motifs is 1. The Morgan fingerprint density at radius 3 is 2.62 bits per heavy atom. The Balaban J connectivity index is 1.44. The molecule has 6 heteroatoms. The maximum absolute atomic E-state index is 12.9. The SMILES string of the molecule is CCNC(=O)[C@H]1CCC(N(C)C(=O)c2ccc(-c3nc4ccccc4o3)cc2)C1. The zero-order valence-electron chi connectivity index (χ0n) is 16.7. The summed E-state index contributed by atoms with van der Waals surface area (Å²) in [5, 5.41) is 2.88. The van der Waals surface area contributed by atoms with Crippen molar-refractivity contribution < 1.29 is 14.0 Å². The van der Waals surface area contributed by atoms with Crippen LogP contribution >= 0.6 is 0 Å². The van der Waals surface area contributed by atoms with Gasteiger partial charge in [0, 0.05) is 36.7 Å². The molecule has 1 heterocycles. The Kier molecular flexibility index (Phi) is 5.34. The molecule has 2 amide bonds. The Morgan fingerprint density at radius 2 is 1.90 bits per heavy atom. The van der Waals surface area contributed by atoms with E-state index in [4.69, 9.17) is 4.42 Å². The third-order valence-electron chi connectivity index (χ3n) is 5.67. The minimum absolute atomic E-state index is 0.00302. The van der Waals surface area contributed by atoms with Crippen LogP contribution in [-0.4, -0.2) is 41.3 Å². The van der Waals surface area contributed by atoms with Crippen molar-refractivity contribution >= 4 is 22.9 Å². The van der Waals surface area contributed by atoms with Gasteiger partial charge in [-0.1, -0.05) is 12.1 Å². The molecule has 0 radical (unpaired) electrons. The average molecular weight is 391 g/mol. The molecule has 2 aromatic carbocycles. The number of nitrogens with zero attached hydrogens (tertiary/aromatic N) is 2. The third-order valence-corrected chi connectivity index (χ3v) is 5.67. The normalized spacial score (nSPS) is 18.7. The number of amides is 2. The van der Waals surface area contributed by atoms with Crippen molar-refractivity contribution in [3.8, 4) is 11.5 Å². The summed E-state index contributed by atoms with van der Waals surface area (Å²) in [7, 11) is 1.82. The first kappa shape index (κ1) is 19.2. The van der Waals surface area contributed by atoms with Gasteiger partial charge in [-0.3, -0.25) is 9.59 Å². The molecule has 1 aliphatic carbocycles. The van der Waals surface area contributed by atoms with Crippen molar-refractivity contribution in [1.82, 2.24) is 15.2 Å². The maximum atomic E-state index is 12.9. The van der Waals surface area contributed by atoms with Gasteiger partial charge in [0.15, 0.2) is 5.58 Å². The molecule has 1 aliphatic rings. The van der Waals surface area contributed by atoms with E-state index >= 15 is 0 Å². The van der Waals surface area contributed by atoms with Crippen LogP contribution in [0.1, 0.15) is 36.5 Å². The van der Waals surface area contributed by atoms with E-state index in [1.54, 1.807) is 17.0 Å². The van der Waals surface area contributed by atoms with Gasteiger partial charge in [-0.25, -0.2) is 4.98 Å². The molecular weight excluding hydrogens is 366 g/mol. The third kappa shape index (κ3) is 3.88. The van der Waals surface area contributed by atoms with E-state index in [9.17, 15) is 9.59 Å². The minimum Gasteiger partial charge on any atom is -0.436 e. The minimum atomic E-state index is -0.0318. The number of carbonyl (C=O) groups excluding carboxylic acids is 2. The van der Waals surface area contributed by atoms with Gasteiger partial charge in [0.1, 0.15) is 5.52 Å². The fourth-order valence-electron chi connectivity index (χ4n) is 3.99. The molecular formula is C23H25N3O3. The molecule has 29 heavy (non-hydrogen) atoms. The molecule has 1 saturated carbocycles. The fourth-order valence-corrected chi connectivity index (χ4v) is 3.99. The Morgan fingerprint density at radius 1 is 1.14 bits per heavy atom. The van der Waals surface area contributed by atoms with Crippen LogP contribution in [0.15, 0.2) is 52.9 Å². The number of hydrogen-bond acceptors (Lipinski definition) is 4. The van der Waals surface area contributed by atoms with Crippen molar-refractivity contribution in [1.29, 1.82) is 0 Å². The van der Waals surface area contributed by atoms with Crippen LogP contribution in [0.25, 0.3) is 22.6 Å². The predicted molar refractivity (Wildman–Crippen MR) is 111 cm³/mol. The molecule has 6 nitrogen and oxygen atoms in total. The molecule has 3 aromatic rings. The van der Waals surface area contributed by atoms with Gasteiger partial charge in [-0.05, 0) is 62.6 Å². The van der Waals surface area contributed by atoms with Gasteiger partial charge in [0.05, 0.1) is 0 Å². The molecule has 0 saturated heterocycles. The van der Waals surface area contributed by atoms with Crippen molar-refractivity contribution in [2.45, 2.75) is 32.2 Å². The first-order chi connectivity index (χ1) is 14.1. The first-order valence-corrected chi connectivity index (χ1v) is 10.1. The van der Waals surface area contributed by atoms with E-state index in [1.807, 2.05) is 50.4 Å². The molecule has 1 aromatic heterocycles. The number of aromatic nitrogens is 1. The smallest absolute Gasteiger partial charge is 0.253 e. The van der Waals surface area contributed by atoms with Gasteiger partial charge < -0.3 is 14.6 Å². The highest BCUT2D eigenvalue weighted by molar-refractivity contribution is 5.94. The number of benzene rings is 2. The second-order valence-corrected chi connectivity index (χ2v) is 7.54. The van der Waals surface area contributed by atoms with Crippen LogP contribution in [0.4, 0.5) is 0 Å². The van der Waals surface area contributed by atoms with Crippen molar-refractivity contribution in [3.05, 3.63) is 54.1 Å². The van der Waals surface area contributed by atoms with Gasteiger partial charge >= 0.3 is 0 Å². The quantitative estimate of drug-likeness (QED) is 0.716. The number of rotatable bonds is 5. The van der Waals surface area contributed by atoms with E-state index in [0.717, 1.165) is 35.9 Å². The van der Waals surface area contributed by atoms with Gasteiger partial charge in [0.25, 0.3) is 5.91 Å². The second-order valence-electron chi connectivity index (χ2n) is 7.54. The molecule has 2 atom stereocenters. The zero-order chi connectivity index (χ0) is 20.4. The Hall–Kier alpha value is -3.15. The standard InChI is InChI=1S/C23H25N3O3/c1-3-24-21(27)17-12-13-18(14-17)26(2)23(28)16-10-8-15(9-11-16)22-25-19-6-4-5-7-20(19)29-22/h4-11,17-18H,3,12-14H2,1-2H3,(H,24,27)/t17-,18?/m0/s1. The van der Waals surface area contributed by atoms with Crippen LogP contribution in [-0.2, 0) is 4.79 Å². The summed E-state index contributed by atoms with van der Waals surface area (Å²) in [5.74, 6) is 0.602. The summed E-state index contributed by atoms with van der Waals surface area (Å²) >= 11 is 0. The summed E-state index contributed by atoms with van der Waals surface area (Å²) in [6.45, 7) is 2.56. The van der Waals surface area contributed by atoms with E-state index in [-0.39, 0.29) is 23.8 Å². The lowest BCUT2D eigenvalue weighted by Gasteiger charge is -2.25. The van der Waals surface area contributed by atoms with Crippen LogP contribution in [0.2, 0.25) is 0 Å². The summed E-state index contributed by atoms with van der Waals surface area (Å²) in [6, 6.07) is 15.0. The van der Waals surface area contributed by atoms with Gasteiger partial charge in [0.2, 0.25) is 11.8 Å². The van der Waals surface area contributed by atoms with E-state index < -0.39 is 0 Å². The highest BCUT2D eigenvalue weighted by Gasteiger charge is 2.33. The monoisotopic (exact) mass is 391 g/mol. The highest BCUT2D eigenvalue weighted by atomic mass is 16.3. The summed E-state index contributed by atoms with van der Waals surface area (Å²) < 4.78 is 5.79. The number of hydrogen-bond donors (Lipinski definition) is 1. The topological polar surface area (TPSA) is 75.4 Å². The van der Waals surface area contributed by atoms with Crippen LogP contribution in [0.3, 0.4) is 0 Å². The number of nitrogens with one attached hydrogen (secondary N) is 1. The lowest BCUT2D eigenvalue weighted by atomic mass is 10.1. The predicted octanol–water partition coefficient (Wildman–Crippen LogP) is 3.87.